The number of nitrogens with zero attached hydrogens (tertiary/aromatic N) is 4. The molecule has 0 bridgehead atoms. The molecule has 1 amide bonds. The summed E-state index contributed by atoms with van der Waals surface area (Å²) in [4.78, 5) is 12.2. The molecule has 0 aliphatic heterocycles. The Morgan fingerprint density at radius 3 is 2.84 bits per heavy atom. The average Bonchev–Trinajstić information content (AvgIpc) is 3.14. The van der Waals surface area contributed by atoms with Crippen molar-refractivity contribution in [3.8, 4) is 11.4 Å². The van der Waals surface area contributed by atoms with Gasteiger partial charge in [-0.25, -0.2) is 4.68 Å². The first-order valence-corrected chi connectivity index (χ1v) is 8.57. The van der Waals surface area contributed by atoms with Crippen LogP contribution < -0.4 is 11.2 Å². The number of hydrogen-bond acceptors (Lipinski definition) is 7. The van der Waals surface area contributed by atoms with Crippen molar-refractivity contribution in [1.29, 1.82) is 0 Å². The Morgan fingerprint density at radius 2 is 2.16 bits per heavy atom. The number of anilines is 1. The number of nitrogen functional groups attached to an aromatic ring is 1. The minimum Gasteiger partial charge on any atom is -0.338 e. The molecule has 0 saturated heterocycles. The summed E-state index contributed by atoms with van der Waals surface area (Å²) in [5.74, 6) is 6.52. The minimum atomic E-state index is -0.476. The van der Waals surface area contributed by atoms with Crippen molar-refractivity contribution in [2.75, 3.05) is 11.2 Å². The van der Waals surface area contributed by atoms with E-state index in [0.717, 1.165) is 0 Å². The third kappa shape index (κ3) is 3.77. The topological polar surface area (TPSA) is 112 Å². The van der Waals surface area contributed by atoms with Crippen molar-refractivity contribution >= 4 is 35.2 Å². The molecule has 0 radical (unpaired) electrons. The van der Waals surface area contributed by atoms with Gasteiger partial charge in [-0.1, -0.05) is 40.7 Å². The molecule has 0 aliphatic rings. The van der Waals surface area contributed by atoms with Crippen LogP contribution in [0.15, 0.2) is 40.0 Å². The second kappa shape index (κ2) is 7.16. The zero-order valence-corrected chi connectivity index (χ0v) is 15.0. The maximum atomic E-state index is 12.2. The summed E-state index contributed by atoms with van der Waals surface area (Å²) in [5, 5.41) is 14.9. The molecule has 0 saturated carbocycles. The molecule has 8 nitrogen and oxygen atoms in total. The van der Waals surface area contributed by atoms with Crippen LogP contribution in [0, 0.1) is 6.92 Å². The molecule has 1 aromatic carbocycles. The lowest BCUT2D eigenvalue weighted by Gasteiger charge is -2.10. The van der Waals surface area contributed by atoms with Crippen LogP contribution in [0.4, 0.5) is 5.88 Å². The van der Waals surface area contributed by atoms with E-state index < -0.39 is 5.25 Å². The third-order valence-corrected chi connectivity index (χ3v) is 4.69. The third-order valence-electron chi connectivity index (χ3n) is 3.31. The van der Waals surface area contributed by atoms with Crippen molar-refractivity contribution in [1.82, 2.24) is 20.0 Å². The predicted octanol–water partition coefficient (Wildman–Crippen LogP) is 2.73. The number of thioether (sulfide) groups is 1. The molecule has 0 spiro atoms. The monoisotopic (exact) mass is 378 g/mol. The van der Waals surface area contributed by atoms with Gasteiger partial charge in [0.15, 0.2) is 5.82 Å². The fourth-order valence-corrected chi connectivity index (χ4v) is 3.03. The zero-order chi connectivity index (χ0) is 18.0. The highest BCUT2D eigenvalue weighted by Gasteiger charge is 2.21. The van der Waals surface area contributed by atoms with Crippen LogP contribution in [0.2, 0.25) is 5.02 Å². The summed E-state index contributed by atoms with van der Waals surface area (Å²) in [7, 11) is 0. The molecule has 3 aromatic rings. The van der Waals surface area contributed by atoms with Gasteiger partial charge in [-0.15, -0.1) is 10.2 Å². The first-order chi connectivity index (χ1) is 12.0. The average molecular weight is 379 g/mol. The molecule has 25 heavy (non-hydrogen) atoms. The first kappa shape index (κ1) is 17.3. The van der Waals surface area contributed by atoms with Crippen LogP contribution in [0.5, 0.6) is 0 Å². The molecular weight excluding hydrogens is 364 g/mol. The number of rotatable bonds is 5. The lowest BCUT2D eigenvalue weighted by molar-refractivity contribution is -0.115. The molecule has 0 aliphatic carbocycles. The first-order valence-electron chi connectivity index (χ1n) is 7.32. The van der Waals surface area contributed by atoms with Crippen LogP contribution in [-0.4, -0.2) is 31.2 Å². The standard InChI is InChI=1S/C15H15ClN6O2S/c1-8-7-12(24-21-8)18-14(23)9(2)25-15-20-19-13(22(15)17)10-5-3-4-6-11(10)16/h3-7,9H,17H2,1-2H3,(H,18,23). The Labute approximate surface area is 152 Å². The Hall–Kier alpha value is -2.52. The van der Waals surface area contributed by atoms with E-state index in [4.69, 9.17) is 22.0 Å². The number of amides is 1. The van der Waals surface area contributed by atoms with E-state index in [2.05, 4.69) is 20.7 Å². The van der Waals surface area contributed by atoms with Gasteiger partial charge in [0.05, 0.1) is 16.0 Å². The molecule has 1 unspecified atom stereocenters. The highest BCUT2D eigenvalue weighted by atomic mass is 35.5. The molecule has 10 heteroatoms. The van der Waals surface area contributed by atoms with Crippen LogP contribution in [-0.2, 0) is 4.79 Å². The zero-order valence-electron chi connectivity index (χ0n) is 13.4. The Kier molecular flexibility index (Phi) is 4.95. The number of nitrogens with one attached hydrogen (secondary N) is 1. The maximum Gasteiger partial charge on any atom is 0.240 e. The number of benzene rings is 1. The lowest BCUT2D eigenvalue weighted by atomic mass is 10.2. The molecule has 3 rings (SSSR count). The number of halogens is 1. The van der Waals surface area contributed by atoms with Gasteiger partial charge in [0.1, 0.15) is 0 Å². The van der Waals surface area contributed by atoms with Crippen molar-refractivity contribution < 1.29 is 9.32 Å². The van der Waals surface area contributed by atoms with E-state index in [-0.39, 0.29) is 5.91 Å². The van der Waals surface area contributed by atoms with Gasteiger partial charge in [0.25, 0.3) is 0 Å². The maximum absolute atomic E-state index is 12.2. The number of aryl methyl sites for hydroxylation is 1. The van der Waals surface area contributed by atoms with E-state index in [1.54, 1.807) is 32.0 Å². The largest absolute Gasteiger partial charge is 0.338 e. The van der Waals surface area contributed by atoms with Gasteiger partial charge in [-0.2, -0.15) is 0 Å². The van der Waals surface area contributed by atoms with Crippen LogP contribution in [0.1, 0.15) is 12.6 Å². The second-order valence-electron chi connectivity index (χ2n) is 5.24. The van der Waals surface area contributed by atoms with Gasteiger partial charge in [-0.05, 0) is 26.0 Å². The highest BCUT2D eigenvalue weighted by molar-refractivity contribution is 8.00. The Morgan fingerprint density at radius 1 is 1.40 bits per heavy atom. The van der Waals surface area contributed by atoms with Gasteiger partial charge in [0, 0.05) is 11.6 Å². The second-order valence-corrected chi connectivity index (χ2v) is 6.95. The Bertz CT molecular complexity index is 909. The number of aromatic nitrogens is 4. The van der Waals surface area contributed by atoms with E-state index >= 15 is 0 Å². The molecule has 1 atom stereocenters. The summed E-state index contributed by atoms with van der Waals surface area (Å²) in [6.45, 7) is 3.50. The van der Waals surface area contributed by atoms with Gasteiger partial charge in [0.2, 0.25) is 16.9 Å². The van der Waals surface area contributed by atoms with E-state index in [1.165, 1.54) is 16.4 Å². The summed E-state index contributed by atoms with van der Waals surface area (Å²) in [5.41, 5.74) is 1.35. The van der Waals surface area contributed by atoms with E-state index in [0.29, 0.717) is 33.1 Å². The van der Waals surface area contributed by atoms with Gasteiger partial charge in [-0.3, -0.25) is 10.1 Å². The fraction of sp³-hybridized carbons (Fsp3) is 0.200. The lowest BCUT2D eigenvalue weighted by Crippen LogP contribution is -2.23. The van der Waals surface area contributed by atoms with Crippen molar-refractivity contribution in [2.45, 2.75) is 24.3 Å². The van der Waals surface area contributed by atoms with Crippen molar-refractivity contribution in [3.63, 3.8) is 0 Å². The smallest absolute Gasteiger partial charge is 0.240 e. The van der Waals surface area contributed by atoms with E-state index in [9.17, 15) is 4.79 Å². The van der Waals surface area contributed by atoms with Crippen LogP contribution >= 0.6 is 23.4 Å². The number of carbonyl (C=O) groups excluding carboxylic acids is 1. The molecule has 0 fully saturated rings. The summed E-state index contributed by atoms with van der Waals surface area (Å²) >= 11 is 7.34. The highest BCUT2D eigenvalue weighted by Crippen LogP contribution is 2.29. The van der Waals surface area contributed by atoms with Crippen LogP contribution in [0.3, 0.4) is 0 Å². The number of hydrogen-bond donors (Lipinski definition) is 2. The SMILES string of the molecule is Cc1cc(NC(=O)C(C)Sc2nnc(-c3ccccc3Cl)n2N)on1. The quantitative estimate of drug-likeness (QED) is 0.518. The van der Waals surface area contributed by atoms with Crippen molar-refractivity contribution in [2.24, 2.45) is 0 Å². The van der Waals surface area contributed by atoms with E-state index in [1.807, 2.05) is 12.1 Å². The van der Waals surface area contributed by atoms with Gasteiger partial charge < -0.3 is 10.4 Å². The molecule has 130 valence electrons. The summed E-state index contributed by atoms with van der Waals surface area (Å²) in [6, 6.07) is 8.82. The Balaban J connectivity index is 1.73. The fourth-order valence-electron chi connectivity index (χ4n) is 2.04. The predicted molar refractivity (Wildman–Crippen MR) is 95.8 cm³/mol. The summed E-state index contributed by atoms with van der Waals surface area (Å²) in [6.07, 6.45) is 0. The normalized spacial score (nSPS) is 12.1. The summed E-state index contributed by atoms with van der Waals surface area (Å²) < 4.78 is 6.28. The molecule has 2 aromatic heterocycles. The number of nitrogens with two attached hydrogens (primary N) is 1. The van der Waals surface area contributed by atoms with Crippen LogP contribution in [0.25, 0.3) is 11.4 Å². The molecule has 2 heterocycles. The molecular formula is C15H15ClN6O2S. The molecule has 3 N–H and O–H groups in total. The number of carbonyl (C=O) groups is 1. The van der Waals surface area contributed by atoms with Gasteiger partial charge >= 0.3 is 0 Å². The van der Waals surface area contributed by atoms with Crippen molar-refractivity contribution in [3.05, 3.63) is 41.0 Å². The minimum absolute atomic E-state index is 0.261.